The minimum atomic E-state index is -0.635. The summed E-state index contributed by atoms with van der Waals surface area (Å²) in [5, 5.41) is 34.5. The Morgan fingerprint density at radius 2 is 1.18 bits per heavy atom. The summed E-state index contributed by atoms with van der Waals surface area (Å²) >= 11 is 0. The molecule has 2 aromatic carbocycles. The highest BCUT2D eigenvalue weighted by Crippen LogP contribution is 2.25. The van der Waals surface area contributed by atoms with Gasteiger partial charge in [0.05, 0.1) is 37.7 Å². The molecule has 3 amide bonds. The number of ether oxygens (including phenoxy) is 5. The molecule has 0 saturated heterocycles. The standard InChI is InChI=1S/C24H38N2O6.C13H19NO4.C8H12N2O2/c1-18(27)12-9-7-6-8-10-15-25-22(28)31-17-20-14-11-13-19(16-30-5)21(20)26-23(29)32-24(2,3)4;1-13(2,3)18-12(17)14-11-9(7-15)5-4-6-10(11)8-16;9-7-12-6-4-2-1-3-5-10-8-11/h11,13-14H,6-10,12,15-17H2,1-5H3,(H,25,28)(H,26,29);4-6,15-16H,7-8H2,1-3H3,(H,14,17);1-6H2. The van der Waals surface area contributed by atoms with Crippen LogP contribution < -0.4 is 16.0 Å². The Hall–Kier alpha value is -5.53. The first-order valence-electron chi connectivity index (χ1n) is 20.8. The maximum atomic E-state index is 12.3. The van der Waals surface area contributed by atoms with Crippen molar-refractivity contribution in [1.29, 1.82) is 5.26 Å². The van der Waals surface area contributed by atoms with Gasteiger partial charge in [-0.25, -0.2) is 24.2 Å². The van der Waals surface area contributed by atoms with E-state index in [-0.39, 0.29) is 32.2 Å². The summed E-state index contributed by atoms with van der Waals surface area (Å²) in [4.78, 5) is 59.9. The number of hydrogen-bond acceptors (Lipinski definition) is 14. The molecule has 0 aliphatic rings. The van der Waals surface area contributed by atoms with Crippen LogP contribution in [0.3, 0.4) is 0 Å². The molecule has 0 radical (unpaired) electrons. The van der Waals surface area contributed by atoms with E-state index in [1.807, 2.05) is 12.1 Å². The molecule has 346 valence electrons. The Bertz CT molecular complexity index is 1690. The van der Waals surface area contributed by atoms with E-state index in [2.05, 4.69) is 25.7 Å². The third-order valence-electron chi connectivity index (χ3n) is 8.10. The first-order chi connectivity index (χ1) is 29.4. The Labute approximate surface area is 366 Å². The van der Waals surface area contributed by atoms with Gasteiger partial charge in [0.1, 0.15) is 30.2 Å². The fourth-order valence-electron chi connectivity index (χ4n) is 5.32. The van der Waals surface area contributed by atoms with Gasteiger partial charge in [0.2, 0.25) is 6.08 Å². The second-order valence-electron chi connectivity index (χ2n) is 16.0. The number of alkyl carbamates (subject to hydrolysis) is 1. The monoisotopic (exact) mass is 871 g/mol. The number of nitrogens with one attached hydrogen (secondary N) is 3. The predicted molar refractivity (Wildman–Crippen MR) is 235 cm³/mol. The number of carbonyl (C=O) groups excluding carboxylic acids is 5. The lowest BCUT2D eigenvalue weighted by Gasteiger charge is -2.21. The van der Waals surface area contributed by atoms with Crippen molar-refractivity contribution in [3.05, 3.63) is 58.7 Å². The third-order valence-corrected chi connectivity index (χ3v) is 8.10. The number of amides is 3. The highest BCUT2D eigenvalue weighted by atomic mass is 16.6. The zero-order valence-electron chi connectivity index (χ0n) is 37.9. The highest BCUT2D eigenvalue weighted by Gasteiger charge is 2.20. The van der Waals surface area contributed by atoms with Crippen LogP contribution in [0, 0.1) is 11.5 Å². The smallest absolute Gasteiger partial charge is 0.412 e. The van der Waals surface area contributed by atoms with Crippen molar-refractivity contribution in [3.63, 3.8) is 0 Å². The van der Waals surface area contributed by atoms with E-state index in [9.17, 15) is 34.2 Å². The Morgan fingerprint density at radius 1 is 0.694 bits per heavy atom. The number of unbranched alkanes of at least 4 members (excludes halogenated alkanes) is 7. The first-order valence-corrected chi connectivity index (χ1v) is 20.8. The fourth-order valence-corrected chi connectivity index (χ4v) is 5.32. The Balaban J connectivity index is 0.00000103. The van der Waals surface area contributed by atoms with Crippen molar-refractivity contribution < 1.29 is 57.9 Å². The molecule has 17 nitrogen and oxygen atoms in total. The number of rotatable bonds is 23. The van der Waals surface area contributed by atoms with Crippen LogP contribution in [0.2, 0.25) is 0 Å². The number of nitrogens with zero attached hydrogens (tertiary/aromatic N) is 2. The van der Waals surface area contributed by atoms with Crippen molar-refractivity contribution in [1.82, 2.24) is 5.32 Å². The van der Waals surface area contributed by atoms with Gasteiger partial charge in [0.15, 0.2) is 0 Å². The SMILES string of the molecule is CC(C)(C)OC(=O)Nc1c(CO)cccc1CO.COCc1cccc(COC(=O)NCCCCCCCC(C)=O)c1NC(=O)OC(C)(C)C.N#COCCCCCCN=C=O. The number of Topliss-reactive ketones (excluding diaryl/α,β-unsaturated/α-hetero) is 1. The molecule has 17 heteroatoms. The minimum absolute atomic E-state index is 0.000431. The van der Waals surface area contributed by atoms with Gasteiger partial charge in [-0.2, -0.15) is 5.26 Å². The number of hydrogen-bond donors (Lipinski definition) is 5. The second-order valence-corrected chi connectivity index (χ2v) is 16.0. The zero-order chi connectivity index (χ0) is 46.8. The van der Waals surface area contributed by atoms with Gasteiger partial charge in [0.25, 0.3) is 6.26 Å². The van der Waals surface area contributed by atoms with E-state index < -0.39 is 29.5 Å². The summed E-state index contributed by atoms with van der Waals surface area (Å²) in [6, 6.07) is 10.5. The molecule has 62 heavy (non-hydrogen) atoms. The number of aliphatic hydroxyl groups is 2. The zero-order valence-corrected chi connectivity index (χ0v) is 37.9. The highest BCUT2D eigenvalue weighted by molar-refractivity contribution is 5.88. The maximum Gasteiger partial charge on any atom is 0.412 e. The number of para-hydroxylation sites is 2. The largest absolute Gasteiger partial charge is 0.445 e. The molecule has 0 atom stereocenters. The lowest BCUT2D eigenvalue weighted by atomic mass is 10.1. The molecule has 5 N–H and O–H groups in total. The maximum absolute atomic E-state index is 12.3. The molecule has 0 saturated carbocycles. The van der Waals surface area contributed by atoms with E-state index >= 15 is 0 Å². The lowest BCUT2D eigenvalue weighted by Crippen LogP contribution is -2.28. The van der Waals surface area contributed by atoms with Gasteiger partial charge in [0, 0.05) is 42.3 Å². The molecule has 0 spiro atoms. The summed E-state index contributed by atoms with van der Waals surface area (Å²) in [7, 11) is 1.57. The van der Waals surface area contributed by atoms with E-state index in [4.69, 9.17) is 24.2 Å². The van der Waals surface area contributed by atoms with Crippen LogP contribution in [-0.4, -0.2) is 78.4 Å². The van der Waals surface area contributed by atoms with E-state index in [0.29, 0.717) is 54.2 Å². The van der Waals surface area contributed by atoms with Crippen molar-refractivity contribution in [2.24, 2.45) is 4.99 Å². The van der Waals surface area contributed by atoms with Gasteiger partial charge in [-0.3, -0.25) is 10.6 Å². The van der Waals surface area contributed by atoms with Crippen molar-refractivity contribution in [2.75, 3.05) is 37.4 Å². The molecule has 0 bridgehead atoms. The average molecular weight is 872 g/mol. The molecule has 0 fully saturated rings. The molecule has 2 aromatic rings. The average Bonchev–Trinajstić information content (AvgIpc) is 3.19. The van der Waals surface area contributed by atoms with Gasteiger partial charge < -0.3 is 44.0 Å². The molecule has 0 aliphatic heterocycles. The molecule has 0 heterocycles. The molecular formula is C45H69N5O12. The lowest BCUT2D eigenvalue weighted by molar-refractivity contribution is -0.117. The van der Waals surface area contributed by atoms with Crippen molar-refractivity contribution in [3.8, 4) is 6.26 Å². The van der Waals surface area contributed by atoms with Crippen LogP contribution >= 0.6 is 0 Å². The number of isocyanates is 1. The number of aliphatic imine (C=N–C) groups is 1. The van der Waals surface area contributed by atoms with Crippen molar-refractivity contribution >= 4 is 41.5 Å². The summed E-state index contributed by atoms with van der Waals surface area (Å²) in [6.07, 6.45) is 10.7. The van der Waals surface area contributed by atoms with Crippen LogP contribution in [-0.2, 0) is 59.7 Å². The summed E-state index contributed by atoms with van der Waals surface area (Å²) in [6.45, 7) is 13.7. The minimum Gasteiger partial charge on any atom is -0.445 e. The first kappa shape index (κ1) is 56.5. The Morgan fingerprint density at radius 3 is 1.68 bits per heavy atom. The van der Waals surface area contributed by atoms with Gasteiger partial charge in [-0.15, -0.1) is 0 Å². The van der Waals surface area contributed by atoms with E-state index in [1.165, 1.54) is 6.08 Å². The van der Waals surface area contributed by atoms with Crippen LogP contribution in [0.4, 0.5) is 25.8 Å². The van der Waals surface area contributed by atoms with Crippen LogP contribution in [0.1, 0.15) is 135 Å². The molecule has 0 aromatic heterocycles. The third kappa shape index (κ3) is 29.7. The number of benzene rings is 2. The molecule has 0 unspecified atom stereocenters. The Kier molecular flexibility index (Phi) is 30.2. The van der Waals surface area contributed by atoms with Crippen LogP contribution in [0.15, 0.2) is 41.4 Å². The number of aliphatic hydroxyl groups excluding tert-OH is 2. The molecule has 2 rings (SSSR count). The summed E-state index contributed by atoms with van der Waals surface area (Å²) in [5.41, 5.74) is 2.15. The summed E-state index contributed by atoms with van der Waals surface area (Å²) < 4.78 is 25.5. The number of nitriles is 1. The van der Waals surface area contributed by atoms with Gasteiger partial charge in [-0.05, 0) is 80.6 Å². The van der Waals surface area contributed by atoms with E-state index in [0.717, 1.165) is 63.4 Å². The van der Waals surface area contributed by atoms with Gasteiger partial charge in [-0.1, -0.05) is 62.1 Å². The number of anilines is 2. The van der Waals surface area contributed by atoms with Gasteiger partial charge >= 0.3 is 18.3 Å². The quantitative estimate of drug-likeness (QED) is 0.0231. The number of ketones is 1. The molecular weight excluding hydrogens is 803 g/mol. The predicted octanol–water partition coefficient (Wildman–Crippen LogP) is 8.73. The normalized spacial score (nSPS) is 10.5. The molecule has 0 aliphatic carbocycles. The summed E-state index contributed by atoms with van der Waals surface area (Å²) in [5.74, 6) is 0.228. The van der Waals surface area contributed by atoms with Crippen LogP contribution in [0.5, 0.6) is 0 Å². The van der Waals surface area contributed by atoms with E-state index in [1.54, 1.807) is 86.1 Å². The number of methoxy groups -OCH3 is 1. The topological polar surface area (TPSA) is 244 Å². The fraction of sp³-hybridized carbons (Fsp3) is 0.600. The van der Waals surface area contributed by atoms with Crippen molar-refractivity contribution in [2.45, 2.75) is 150 Å². The second kappa shape index (κ2) is 33.1. The van der Waals surface area contributed by atoms with Crippen LogP contribution in [0.25, 0.3) is 0 Å². The number of carbonyl (C=O) groups is 4.